The van der Waals surface area contributed by atoms with Gasteiger partial charge in [0.15, 0.2) is 0 Å². The van der Waals surface area contributed by atoms with E-state index in [1.165, 1.54) is 30.1 Å². The Kier molecular flexibility index (Phi) is 5.11. The summed E-state index contributed by atoms with van der Waals surface area (Å²) in [5, 5.41) is 3.05. The summed E-state index contributed by atoms with van der Waals surface area (Å²) in [7, 11) is -2.13. The average Bonchev–Trinajstić information content (AvgIpc) is 2.95. The molecule has 0 spiro atoms. The number of aryl methyl sites for hydroxylation is 2. The average molecular weight is 384 g/mol. The van der Waals surface area contributed by atoms with Gasteiger partial charge in [0.05, 0.1) is 21.8 Å². The van der Waals surface area contributed by atoms with Crippen LogP contribution in [0.5, 0.6) is 0 Å². The van der Waals surface area contributed by atoms with Gasteiger partial charge in [0, 0.05) is 11.9 Å². The van der Waals surface area contributed by atoms with Crippen LogP contribution in [-0.2, 0) is 10.0 Å². The van der Waals surface area contributed by atoms with Gasteiger partial charge in [-0.15, -0.1) is 0 Å². The Morgan fingerprint density at radius 3 is 2.26 bits per heavy atom. The zero-order valence-corrected chi connectivity index (χ0v) is 16.0. The predicted molar refractivity (Wildman–Crippen MR) is 106 cm³/mol. The molecule has 0 aliphatic heterocycles. The second kappa shape index (κ2) is 7.34. The van der Waals surface area contributed by atoms with Crippen molar-refractivity contribution in [3.63, 3.8) is 0 Å². The van der Waals surface area contributed by atoms with Crippen molar-refractivity contribution in [3.8, 4) is 5.69 Å². The first-order chi connectivity index (χ1) is 12.8. The Bertz CT molecular complexity index is 1140. The highest BCUT2D eigenvalue weighted by Gasteiger charge is 2.12. The van der Waals surface area contributed by atoms with Gasteiger partial charge in [-0.05, 0) is 57.3 Å². The van der Waals surface area contributed by atoms with Crippen LogP contribution >= 0.6 is 0 Å². The fraction of sp³-hybridized carbons (Fsp3) is 0.158. The zero-order chi connectivity index (χ0) is 19.6. The number of sulfonamides is 1. The van der Waals surface area contributed by atoms with Crippen LogP contribution in [0.1, 0.15) is 16.8 Å². The van der Waals surface area contributed by atoms with Crippen LogP contribution in [0.3, 0.4) is 0 Å². The Morgan fingerprint density at radius 1 is 1.04 bits per heavy atom. The van der Waals surface area contributed by atoms with Crippen molar-refractivity contribution in [2.75, 3.05) is 7.05 Å². The minimum atomic E-state index is -3.49. The van der Waals surface area contributed by atoms with Crippen molar-refractivity contribution < 1.29 is 8.42 Å². The van der Waals surface area contributed by atoms with Crippen LogP contribution < -0.4 is 10.3 Å². The third kappa shape index (κ3) is 3.91. The van der Waals surface area contributed by atoms with Gasteiger partial charge in [0.2, 0.25) is 10.0 Å². The molecule has 0 aliphatic carbocycles. The van der Waals surface area contributed by atoms with Crippen molar-refractivity contribution in [3.05, 3.63) is 75.7 Å². The second-order valence-corrected chi connectivity index (χ2v) is 7.97. The molecule has 2 aromatic carbocycles. The molecule has 3 rings (SSSR count). The van der Waals surface area contributed by atoms with Crippen LogP contribution in [0.15, 0.2) is 63.2 Å². The number of aromatic nitrogens is 2. The standard InChI is InChI=1S/C19H20N4O3S/c1-13-4-8-16(9-5-13)23-19(24)18(14(2)22-23)12-21-15-6-10-17(11-7-15)27(25,26)20-3/h4-12,20,22H,1-3H3. The quantitative estimate of drug-likeness (QED) is 0.661. The number of benzene rings is 2. The van der Waals surface area contributed by atoms with Crippen molar-refractivity contribution in [2.24, 2.45) is 4.99 Å². The Labute approximate surface area is 157 Å². The van der Waals surface area contributed by atoms with E-state index in [1.807, 2.05) is 31.2 Å². The van der Waals surface area contributed by atoms with E-state index in [2.05, 4.69) is 14.8 Å². The van der Waals surface area contributed by atoms with E-state index in [0.717, 1.165) is 11.3 Å². The van der Waals surface area contributed by atoms with E-state index in [0.29, 0.717) is 16.9 Å². The molecular formula is C19H20N4O3S. The molecule has 0 radical (unpaired) electrons. The molecule has 0 aliphatic rings. The van der Waals surface area contributed by atoms with E-state index < -0.39 is 10.0 Å². The summed E-state index contributed by atoms with van der Waals surface area (Å²) in [4.78, 5) is 17.1. The summed E-state index contributed by atoms with van der Waals surface area (Å²) in [6.45, 7) is 3.79. The first kappa shape index (κ1) is 18.8. The summed E-state index contributed by atoms with van der Waals surface area (Å²) in [5.74, 6) is 0. The smallest absolute Gasteiger partial charge is 0.280 e. The molecule has 3 aromatic rings. The van der Waals surface area contributed by atoms with Crippen LogP contribution in [0.25, 0.3) is 5.69 Å². The molecule has 1 aromatic heterocycles. The van der Waals surface area contributed by atoms with Crippen LogP contribution in [0.2, 0.25) is 0 Å². The summed E-state index contributed by atoms with van der Waals surface area (Å²) >= 11 is 0. The minimum absolute atomic E-state index is 0.156. The summed E-state index contributed by atoms with van der Waals surface area (Å²) in [6.07, 6.45) is 1.49. The lowest BCUT2D eigenvalue weighted by Gasteiger charge is -2.02. The first-order valence-electron chi connectivity index (χ1n) is 8.28. The zero-order valence-electron chi connectivity index (χ0n) is 15.2. The number of H-pyrrole nitrogens is 1. The highest BCUT2D eigenvalue weighted by molar-refractivity contribution is 7.89. The maximum Gasteiger partial charge on any atom is 0.280 e. The highest BCUT2D eigenvalue weighted by atomic mass is 32.2. The van der Waals surface area contributed by atoms with E-state index in [4.69, 9.17) is 0 Å². The second-order valence-electron chi connectivity index (χ2n) is 6.09. The Balaban J connectivity index is 1.90. The number of hydrogen-bond donors (Lipinski definition) is 2. The normalized spacial score (nSPS) is 12.0. The molecule has 27 heavy (non-hydrogen) atoms. The van der Waals surface area contributed by atoms with E-state index in [-0.39, 0.29) is 10.5 Å². The van der Waals surface area contributed by atoms with Gasteiger partial charge in [0.25, 0.3) is 5.56 Å². The van der Waals surface area contributed by atoms with Gasteiger partial charge in [-0.1, -0.05) is 17.7 Å². The van der Waals surface area contributed by atoms with Gasteiger partial charge in [0.1, 0.15) is 0 Å². The molecule has 7 nitrogen and oxygen atoms in total. The van der Waals surface area contributed by atoms with Gasteiger partial charge >= 0.3 is 0 Å². The Morgan fingerprint density at radius 2 is 1.67 bits per heavy atom. The molecule has 0 unspecified atom stereocenters. The molecule has 0 amide bonds. The van der Waals surface area contributed by atoms with E-state index in [1.54, 1.807) is 19.1 Å². The SMILES string of the molecule is CNS(=O)(=O)c1ccc(N=Cc2c(C)[nH]n(-c3ccc(C)cc3)c2=O)cc1. The van der Waals surface area contributed by atoms with Crippen molar-refractivity contribution >= 4 is 21.9 Å². The van der Waals surface area contributed by atoms with Crippen molar-refractivity contribution in [2.45, 2.75) is 18.7 Å². The number of nitrogens with zero attached hydrogens (tertiary/aromatic N) is 2. The Hall–Kier alpha value is -2.97. The van der Waals surface area contributed by atoms with Crippen LogP contribution in [-0.4, -0.2) is 31.5 Å². The molecule has 0 bridgehead atoms. The number of aliphatic imine (C=N–C) groups is 1. The number of rotatable bonds is 5. The van der Waals surface area contributed by atoms with Gasteiger partial charge in [-0.3, -0.25) is 14.9 Å². The van der Waals surface area contributed by atoms with Crippen LogP contribution in [0.4, 0.5) is 5.69 Å². The van der Waals surface area contributed by atoms with Gasteiger partial charge < -0.3 is 0 Å². The fourth-order valence-corrected chi connectivity index (χ4v) is 3.29. The lowest BCUT2D eigenvalue weighted by molar-refractivity contribution is 0.588. The highest BCUT2D eigenvalue weighted by Crippen LogP contribution is 2.16. The predicted octanol–water partition coefficient (Wildman–Crippen LogP) is 2.44. The van der Waals surface area contributed by atoms with E-state index >= 15 is 0 Å². The monoisotopic (exact) mass is 384 g/mol. The summed E-state index contributed by atoms with van der Waals surface area (Å²) in [6, 6.07) is 13.7. The third-order valence-electron chi connectivity index (χ3n) is 4.17. The minimum Gasteiger partial charge on any atom is -0.295 e. The molecule has 0 atom stereocenters. The largest absolute Gasteiger partial charge is 0.295 e. The molecule has 8 heteroatoms. The number of aromatic amines is 1. The molecule has 0 fully saturated rings. The van der Waals surface area contributed by atoms with E-state index in [9.17, 15) is 13.2 Å². The summed E-state index contributed by atoms with van der Waals surface area (Å²) in [5.41, 5.74) is 3.35. The molecule has 2 N–H and O–H groups in total. The van der Waals surface area contributed by atoms with Gasteiger partial charge in [-0.2, -0.15) is 0 Å². The molecule has 140 valence electrons. The maximum atomic E-state index is 12.7. The number of nitrogens with one attached hydrogen (secondary N) is 2. The van der Waals surface area contributed by atoms with Crippen molar-refractivity contribution in [1.82, 2.24) is 14.5 Å². The number of hydrogen-bond acceptors (Lipinski definition) is 4. The van der Waals surface area contributed by atoms with Crippen molar-refractivity contribution in [1.29, 1.82) is 0 Å². The maximum absolute atomic E-state index is 12.7. The first-order valence-corrected chi connectivity index (χ1v) is 9.76. The third-order valence-corrected chi connectivity index (χ3v) is 5.60. The molecule has 0 saturated carbocycles. The lowest BCUT2D eigenvalue weighted by atomic mass is 10.2. The fourth-order valence-electron chi connectivity index (χ4n) is 2.56. The van der Waals surface area contributed by atoms with Gasteiger partial charge in [-0.25, -0.2) is 17.8 Å². The lowest BCUT2D eigenvalue weighted by Crippen LogP contribution is -2.18. The molecular weight excluding hydrogens is 364 g/mol. The molecule has 1 heterocycles. The molecule has 0 saturated heterocycles. The summed E-state index contributed by atoms with van der Waals surface area (Å²) < 4.78 is 27.2. The topological polar surface area (TPSA) is 96.3 Å². The van der Waals surface area contributed by atoms with Crippen LogP contribution in [0, 0.1) is 13.8 Å².